The van der Waals surface area contributed by atoms with Crippen LogP contribution in [0.4, 0.5) is 32.3 Å². The van der Waals surface area contributed by atoms with Crippen LogP contribution in [0.5, 0.6) is 11.6 Å². The zero-order chi connectivity index (χ0) is 30.8. The van der Waals surface area contributed by atoms with Crippen LogP contribution in [-0.4, -0.2) is 20.1 Å². The van der Waals surface area contributed by atoms with Crippen LogP contribution in [0.2, 0.25) is 0 Å². The minimum atomic E-state index is -5.01. The molecule has 0 aliphatic carbocycles. The highest BCUT2D eigenvalue weighted by Crippen LogP contribution is 2.37. The molecule has 0 bridgehead atoms. The minimum Gasteiger partial charge on any atom is -0.505 e. The SMILES string of the molecule is Cc1cccc2cc(CN(Cc3cc(C(F)(F)F)cc(C(F)(F)F)c3)c3ncc(O)cn3)c(OCc3ccccc3)nc12. The molecule has 0 saturated heterocycles. The fraction of sp³-hybridized carbons (Fsp3) is 0.194. The molecular weight excluding hydrogens is 574 g/mol. The Morgan fingerprint density at radius 2 is 1.42 bits per heavy atom. The lowest BCUT2D eigenvalue weighted by atomic mass is 10.0. The number of alkyl halides is 6. The molecule has 0 spiro atoms. The maximum absolute atomic E-state index is 13.6. The molecule has 0 radical (unpaired) electrons. The Kier molecular flexibility index (Phi) is 8.12. The number of fused-ring (bicyclic) bond motifs is 1. The summed E-state index contributed by atoms with van der Waals surface area (Å²) in [6.07, 6.45) is -7.85. The lowest BCUT2D eigenvalue weighted by Crippen LogP contribution is -2.25. The number of para-hydroxylation sites is 1. The molecule has 2 aromatic heterocycles. The average Bonchev–Trinajstić information content (AvgIpc) is 2.96. The van der Waals surface area contributed by atoms with E-state index in [1.807, 2.05) is 55.5 Å². The zero-order valence-electron chi connectivity index (χ0n) is 22.6. The molecule has 0 fully saturated rings. The van der Waals surface area contributed by atoms with E-state index in [1.165, 1.54) is 4.90 Å². The summed E-state index contributed by atoms with van der Waals surface area (Å²) in [4.78, 5) is 14.3. The summed E-state index contributed by atoms with van der Waals surface area (Å²) in [6, 6.07) is 18.1. The van der Waals surface area contributed by atoms with E-state index in [-0.39, 0.29) is 42.4 Å². The molecule has 0 atom stereocenters. The number of benzene rings is 3. The number of anilines is 1. The van der Waals surface area contributed by atoms with Crippen LogP contribution in [-0.2, 0) is 32.0 Å². The third-order valence-electron chi connectivity index (χ3n) is 6.59. The number of halogens is 6. The van der Waals surface area contributed by atoms with E-state index in [0.29, 0.717) is 23.2 Å². The first kappa shape index (κ1) is 29.6. The van der Waals surface area contributed by atoms with E-state index in [0.717, 1.165) is 28.9 Å². The summed E-state index contributed by atoms with van der Waals surface area (Å²) in [5.74, 6) is -0.0755. The standard InChI is InChI=1S/C31H24F6N4O2/c1-19-6-5-9-22-12-23(28(40-27(19)22)43-18-20-7-3-2-4-8-20)17-41(29-38-14-26(42)15-39-29)16-21-10-24(30(32,33)34)13-25(11-21)31(35,36)37/h2-15,42H,16-18H2,1H3. The molecule has 6 nitrogen and oxygen atoms in total. The second-order valence-electron chi connectivity index (χ2n) is 9.89. The Balaban J connectivity index is 1.58. The number of aryl methyl sites for hydroxylation is 1. The van der Waals surface area contributed by atoms with Crippen LogP contribution in [0.15, 0.2) is 85.2 Å². The first-order valence-electron chi connectivity index (χ1n) is 13.0. The number of rotatable bonds is 8. The van der Waals surface area contributed by atoms with Gasteiger partial charge in [0.1, 0.15) is 6.61 Å². The van der Waals surface area contributed by atoms with E-state index in [9.17, 15) is 31.4 Å². The van der Waals surface area contributed by atoms with Gasteiger partial charge in [0.15, 0.2) is 5.75 Å². The molecule has 222 valence electrons. The third kappa shape index (κ3) is 7.14. The van der Waals surface area contributed by atoms with Crippen molar-refractivity contribution in [3.05, 3.63) is 119 Å². The fourth-order valence-electron chi connectivity index (χ4n) is 4.55. The second kappa shape index (κ2) is 11.8. The van der Waals surface area contributed by atoms with Gasteiger partial charge in [-0.2, -0.15) is 26.3 Å². The molecule has 0 aliphatic rings. The number of aromatic hydroxyl groups is 1. The first-order chi connectivity index (χ1) is 20.4. The van der Waals surface area contributed by atoms with Crippen LogP contribution in [0.3, 0.4) is 0 Å². The topological polar surface area (TPSA) is 71.4 Å². The lowest BCUT2D eigenvalue weighted by molar-refractivity contribution is -0.143. The lowest BCUT2D eigenvalue weighted by Gasteiger charge is -2.25. The van der Waals surface area contributed by atoms with Gasteiger partial charge in [0, 0.05) is 17.5 Å². The van der Waals surface area contributed by atoms with Crippen molar-refractivity contribution >= 4 is 16.9 Å². The molecule has 2 heterocycles. The fourth-order valence-corrected chi connectivity index (χ4v) is 4.55. The summed E-state index contributed by atoms with van der Waals surface area (Å²) in [7, 11) is 0. The number of hydrogen-bond acceptors (Lipinski definition) is 6. The van der Waals surface area contributed by atoms with E-state index in [2.05, 4.69) is 9.97 Å². The highest BCUT2D eigenvalue weighted by Gasteiger charge is 2.37. The highest BCUT2D eigenvalue weighted by molar-refractivity contribution is 5.83. The maximum Gasteiger partial charge on any atom is 0.416 e. The number of ether oxygens (including phenoxy) is 1. The highest BCUT2D eigenvalue weighted by atomic mass is 19.4. The smallest absolute Gasteiger partial charge is 0.416 e. The molecule has 3 aromatic carbocycles. The summed E-state index contributed by atoms with van der Waals surface area (Å²) in [5.41, 5.74) is -0.214. The first-order valence-corrected chi connectivity index (χ1v) is 13.0. The van der Waals surface area contributed by atoms with Crippen LogP contribution in [0, 0.1) is 6.92 Å². The summed E-state index contributed by atoms with van der Waals surface area (Å²) in [6.45, 7) is 1.53. The normalized spacial score (nSPS) is 12.0. The number of hydrogen-bond donors (Lipinski definition) is 1. The van der Waals surface area contributed by atoms with Gasteiger partial charge in [-0.05, 0) is 47.9 Å². The van der Waals surface area contributed by atoms with Crippen molar-refractivity contribution in [3.8, 4) is 11.6 Å². The summed E-state index contributed by atoms with van der Waals surface area (Å²) < 4.78 is 87.6. The van der Waals surface area contributed by atoms with Gasteiger partial charge in [-0.1, -0.05) is 48.5 Å². The van der Waals surface area contributed by atoms with Gasteiger partial charge in [-0.25, -0.2) is 15.0 Å². The van der Waals surface area contributed by atoms with Gasteiger partial charge in [0.2, 0.25) is 11.8 Å². The molecule has 5 rings (SSSR count). The molecule has 5 aromatic rings. The van der Waals surface area contributed by atoms with Crippen molar-refractivity contribution in [2.45, 2.75) is 39.0 Å². The Morgan fingerprint density at radius 1 is 0.767 bits per heavy atom. The Hall–Kier alpha value is -4.87. The van der Waals surface area contributed by atoms with Crippen molar-refractivity contribution < 1.29 is 36.2 Å². The predicted molar refractivity (Wildman–Crippen MR) is 147 cm³/mol. The molecule has 0 unspecified atom stereocenters. The predicted octanol–water partition coefficient (Wildman–Crippen LogP) is 7.86. The Bertz CT molecular complexity index is 1690. The third-order valence-corrected chi connectivity index (χ3v) is 6.59. The number of nitrogens with zero attached hydrogens (tertiary/aromatic N) is 4. The van der Waals surface area contributed by atoms with Gasteiger partial charge >= 0.3 is 12.4 Å². The van der Waals surface area contributed by atoms with E-state index >= 15 is 0 Å². The average molecular weight is 599 g/mol. The molecule has 0 amide bonds. The Labute approximate surface area is 242 Å². The molecule has 0 aliphatic heterocycles. The molecule has 0 saturated carbocycles. The summed E-state index contributed by atoms with van der Waals surface area (Å²) >= 11 is 0. The maximum atomic E-state index is 13.6. The van der Waals surface area contributed by atoms with Crippen molar-refractivity contribution in [1.82, 2.24) is 15.0 Å². The van der Waals surface area contributed by atoms with Gasteiger partial charge in [-0.3, -0.25) is 0 Å². The van der Waals surface area contributed by atoms with Gasteiger partial charge in [0.25, 0.3) is 0 Å². The molecule has 12 heteroatoms. The zero-order valence-corrected chi connectivity index (χ0v) is 22.6. The monoisotopic (exact) mass is 598 g/mol. The van der Waals surface area contributed by atoms with Gasteiger partial charge in [0.05, 0.1) is 35.6 Å². The second-order valence-corrected chi connectivity index (χ2v) is 9.89. The van der Waals surface area contributed by atoms with Gasteiger partial charge in [-0.15, -0.1) is 0 Å². The van der Waals surface area contributed by atoms with Crippen molar-refractivity contribution in [2.75, 3.05) is 4.90 Å². The molecule has 43 heavy (non-hydrogen) atoms. The van der Waals surface area contributed by atoms with Crippen LogP contribution in [0.25, 0.3) is 10.9 Å². The van der Waals surface area contributed by atoms with Crippen molar-refractivity contribution in [2.24, 2.45) is 0 Å². The number of aromatic nitrogens is 3. The van der Waals surface area contributed by atoms with Crippen LogP contribution >= 0.6 is 0 Å². The van der Waals surface area contributed by atoms with E-state index in [4.69, 9.17) is 9.72 Å². The Morgan fingerprint density at radius 3 is 2.05 bits per heavy atom. The van der Waals surface area contributed by atoms with Crippen LogP contribution < -0.4 is 9.64 Å². The van der Waals surface area contributed by atoms with Crippen molar-refractivity contribution in [3.63, 3.8) is 0 Å². The molecular formula is C31H24F6N4O2. The quantitative estimate of drug-likeness (QED) is 0.183. The van der Waals surface area contributed by atoms with E-state index < -0.39 is 30.0 Å². The summed E-state index contributed by atoms with van der Waals surface area (Å²) in [5, 5.41) is 10.5. The van der Waals surface area contributed by atoms with Crippen molar-refractivity contribution in [1.29, 1.82) is 0 Å². The van der Waals surface area contributed by atoms with E-state index in [1.54, 1.807) is 6.07 Å². The largest absolute Gasteiger partial charge is 0.505 e. The van der Waals surface area contributed by atoms with Crippen LogP contribution in [0.1, 0.15) is 33.4 Å². The van der Waals surface area contributed by atoms with Gasteiger partial charge < -0.3 is 14.7 Å². The number of pyridine rings is 1. The minimum absolute atomic E-state index is 0.0397. The molecule has 1 N–H and O–H groups in total.